The van der Waals surface area contributed by atoms with Crippen molar-refractivity contribution in [3.63, 3.8) is 0 Å². The molecular formula is C66H58N2O. The number of aryl methyl sites for hydroxylation is 4. The van der Waals surface area contributed by atoms with E-state index >= 15 is 0 Å². The summed E-state index contributed by atoms with van der Waals surface area (Å²) in [5.74, 6) is 1.72. The largest absolute Gasteiger partial charge is 0.460 e. The Morgan fingerprint density at radius 3 is 1.68 bits per heavy atom. The third-order valence-corrected chi connectivity index (χ3v) is 14.1. The number of rotatable bonds is 5. The Morgan fingerprint density at radius 2 is 1.04 bits per heavy atom. The van der Waals surface area contributed by atoms with Crippen molar-refractivity contribution in [2.75, 3.05) is 0 Å². The van der Waals surface area contributed by atoms with Gasteiger partial charge in [-0.1, -0.05) is 196 Å². The van der Waals surface area contributed by atoms with Crippen molar-refractivity contribution in [3.05, 3.63) is 250 Å². The number of amidine groups is 1. The van der Waals surface area contributed by atoms with E-state index in [2.05, 4.69) is 210 Å². The quantitative estimate of drug-likeness (QED) is 0.125. The zero-order chi connectivity index (χ0) is 47.8. The van der Waals surface area contributed by atoms with Crippen LogP contribution < -0.4 is 0 Å². The van der Waals surface area contributed by atoms with Crippen LogP contribution in [-0.2, 0) is 11.8 Å². The van der Waals surface area contributed by atoms with E-state index in [1.165, 1.54) is 83.5 Å². The number of fused-ring (bicyclic) bond motifs is 13. The lowest BCUT2D eigenvalue weighted by Crippen LogP contribution is -2.25. The zero-order valence-corrected chi connectivity index (χ0v) is 40.8. The molecule has 1 spiro atoms. The van der Waals surface area contributed by atoms with Crippen LogP contribution in [0, 0.1) is 20.8 Å². The van der Waals surface area contributed by atoms with E-state index in [1.54, 1.807) is 0 Å². The molecule has 3 heteroatoms. The van der Waals surface area contributed by atoms with Gasteiger partial charge in [-0.05, 0) is 137 Å². The molecule has 338 valence electrons. The predicted molar refractivity (Wildman–Crippen MR) is 294 cm³/mol. The first kappa shape index (κ1) is 44.9. The van der Waals surface area contributed by atoms with E-state index in [1.807, 2.05) is 32.9 Å². The molecule has 3 aliphatic carbocycles. The Labute approximate surface area is 408 Å². The molecule has 0 aliphatic heterocycles. The minimum absolute atomic E-state index is 0.247. The van der Waals surface area contributed by atoms with Gasteiger partial charge in [0.25, 0.3) is 0 Å². The van der Waals surface area contributed by atoms with E-state index in [0.717, 1.165) is 52.0 Å². The summed E-state index contributed by atoms with van der Waals surface area (Å²) in [6.07, 6.45) is 6.30. The normalized spacial score (nSPS) is 13.6. The monoisotopic (exact) mass is 894 g/mol. The summed E-state index contributed by atoms with van der Waals surface area (Å²) in [6, 6.07) is 63.7. The predicted octanol–water partition coefficient (Wildman–Crippen LogP) is 17.6. The number of hydrogen-bond acceptors (Lipinski definition) is 2. The summed E-state index contributed by atoms with van der Waals surface area (Å²) in [6.45, 7) is 18.8. The van der Waals surface area contributed by atoms with Crippen LogP contribution in [0.5, 0.6) is 0 Å². The van der Waals surface area contributed by atoms with E-state index in [0.29, 0.717) is 11.5 Å². The highest BCUT2D eigenvalue weighted by Crippen LogP contribution is 2.63. The lowest BCUT2D eigenvalue weighted by atomic mass is 9.70. The lowest BCUT2D eigenvalue weighted by molar-refractivity contribution is 0.546. The van der Waals surface area contributed by atoms with Gasteiger partial charge in [-0.3, -0.25) is 0 Å². The van der Waals surface area contributed by atoms with Crippen molar-refractivity contribution in [2.45, 2.75) is 66.7 Å². The fraction of sp³-hybridized carbons (Fsp3) is 0.152. The fourth-order valence-electron chi connectivity index (χ4n) is 11.2. The topological polar surface area (TPSA) is 37.9 Å². The highest BCUT2D eigenvalue weighted by atomic mass is 16.3. The minimum Gasteiger partial charge on any atom is -0.460 e. The first-order valence-corrected chi connectivity index (χ1v) is 24.4. The van der Waals surface area contributed by atoms with Crippen LogP contribution in [0.2, 0.25) is 0 Å². The third kappa shape index (κ3) is 7.63. The number of nitrogens with zero attached hydrogens (tertiary/aromatic N) is 2. The van der Waals surface area contributed by atoms with Crippen molar-refractivity contribution in [2.24, 2.45) is 9.98 Å². The summed E-state index contributed by atoms with van der Waals surface area (Å²) in [4.78, 5) is 9.70. The van der Waals surface area contributed by atoms with Gasteiger partial charge in [0.1, 0.15) is 17.2 Å². The number of hydrogen-bond donors (Lipinski definition) is 0. The molecule has 0 saturated carbocycles. The van der Waals surface area contributed by atoms with E-state index in [4.69, 9.17) is 14.4 Å². The molecule has 0 atom stereocenters. The molecule has 1 heterocycles. The summed E-state index contributed by atoms with van der Waals surface area (Å²) >= 11 is 0. The molecule has 0 bridgehead atoms. The molecule has 0 amide bonds. The van der Waals surface area contributed by atoms with Gasteiger partial charge in [0.15, 0.2) is 0 Å². The summed E-state index contributed by atoms with van der Waals surface area (Å²) < 4.78 is 6.12. The van der Waals surface area contributed by atoms with Gasteiger partial charge in [-0.2, -0.15) is 0 Å². The number of allylic oxidation sites excluding steroid dienone is 1. The van der Waals surface area contributed by atoms with Gasteiger partial charge in [-0.25, -0.2) is 9.98 Å². The molecule has 0 N–H and O–H groups in total. The van der Waals surface area contributed by atoms with Crippen LogP contribution in [0.15, 0.2) is 203 Å². The van der Waals surface area contributed by atoms with Crippen molar-refractivity contribution >= 4 is 34.3 Å². The SMILES string of the molecule is C=C(N=C(C)N=C(C)c1cccc(C)c1-c1ccccc1C)c1cccc2oc3c(c12)C=CCC3.CC.Cc1ccccc1-c1ccc2c(c1)-c1ccccc1C21c2ccccc2-c2ccccc21. The molecule has 69 heavy (non-hydrogen) atoms. The molecule has 3 nitrogen and oxygen atoms in total. The standard InChI is InChI=1S/C32H30N2O.C32H22.C2H6/c1-20-12-6-7-14-25(20)31-21(2)13-10-16-26(31)22(3)33-24(5)34-23(4)27-17-11-19-30-32(27)28-15-8-9-18-29(28)35-30;1-21-10-2-3-11-23(21)22-18-19-31-27(20-22)26-14-6-9-17-30(26)32(31)28-15-7-4-12-24(28)25-13-5-8-16-29(25)32;1-2/h6-8,10-17,19H,4,9,18H2,1-3,5H3;2-20H,1H3;1-2H3. The summed E-state index contributed by atoms with van der Waals surface area (Å²) in [5.41, 5.74) is 25.4. The van der Waals surface area contributed by atoms with Gasteiger partial charge in [0, 0.05) is 34.2 Å². The summed E-state index contributed by atoms with van der Waals surface area (Å²) in [7, 11) is 0. The van der Waals surface area contributed by atoms with E-state index in [9.17, 15) is 0 Å². The van der Waals surface area contributed by atoms with Crippen LogP contribution >= 0.6 is 0 Å². The zero-order valence-electron chi connectivity index (χ0n) is 40.8. The average Bonchev–Trinajstić information content (AvgIpc) is 4.01. The molecule has 9 aromatic rings. The second kappa shape index (κ2) is 18.7. The van der Waals surface area contributed by atoms with Crippen LogP contribution in [0.1, 0.15) is 95.5 Å². The van der Waals surface area contributed by atoms with E-state index in [-0.39, 0.29) is 5.41 Å². The van der Waals surface area contributed by atoms with Crippen LogP contribution in [0.3, 0.4) is 0 Å². The maximum Gasteiger partial charge on any atom is 0.135 e. The first-order valence-electron chi connectivity index (χ1n) is 24.4. The first-order chi connectivity index (χ1) is 33.7. The van der Waals surface area contributed by atoms with Gasteiger partial charge >= 0.3 is 0 Å². The minimum atomic E-state index is -0.247. The molecule has 12 rings (SSSR count). The lowest BCUT2D eigenvalue weighted by Gasteiger charge is -2.30. The average molecular weight is 895 g/mol. The van der Waals surface area contributed by atoms with E-state index < -0.39 is 0 Å². The Kier molecular flexibility index (Phi) is 12.2. The molecule has 8 aromatic carbocycles. The Morgan fingerprint density at radius 1 is 0.522 bits per heavy atom. The molecule has 1 aromatic heterocycles. The molecular weight excluding hydrogens is 837 g/mol. The molecule has 0 radical (unpaired) electrons. The van der Waals surface area contributed by atoms with Crippen LogP contribution in [-0.4, -0.2) is 11.5 Å². The third-order valence-electron chi connectivity index (χ3n) is 14.1. The van der Waals surface area contributed by atoms with Gasteiger partial charge in [0.2, 0.25) is 0 Å². The van der Waals surface area contributed by atoms with Gasteiger partial charge in [-0.15, -0.1) is 0 Å². The van der Waals surface area contributed by atoms with Gasteiger partial charge in [0.05, 0.1) is 11.1 Å². The molecule has 0 saturated heterocycles. The van der Waals surface area contributed by atoms with Crippen molar-refractivity contribution in [1.82, 2.24) is 0 Å². The summed E-state index contributed by atoms with van der Waals surface area (Å²) in [5, 5.41) is 1.08. The van der Waals surface area contributed by atoms with Crippen LogP contribution in [0.4, 0.5) is 0 Å². The number of aliphatic imine (C=N–C) groups is 2. The fourth-order valence-corrected chi connectivity index (χ4v) is 11.2. The maximum absolute atomic E-state index is 6.12. The molecule has 3 aliphatic rings. The van der Waals surface area contributed by atoms with Crippen LogP contribution in [0.25, 0.3) is 67.2 Å². The number of furan rings is 1. The second-order valence-corrected chi connectivity index (χ2v) is 18.1. The highest BCUT2D eigenvalue weighted by molar-refractivity contribution is 6.11. The van der Waals surface area contributed by atoms with Gasteiger partial charge < -0.3 is 4.42 Å². The van der Waals surface area contributed by atoms with Crippen molar-refractivity contribution < 1.29 is 4.42 Å². The second-order valence-electron chi connectivity index (χ2n) is 18.1. The molecule has 0 unspecified atom stereocenters. The maximum atomic E-state index is 6.12. The number of benzene rings is 8. The smallest absolute Gasteiger partial charge is 0.135 e. The van der Waals surface area contributed by atoms with Crippen molar-refractivity contribution in [3.8, 4) is 44.5 Å². The Bertz CT molecular complexity index is 3510. The Balaban J connectivity index is 0.000000155. The highest BCUT2D eigenvalue weighted by Gasteiger charge is 2.51. The molecule has 0 fully saturated rings. The van der Waals surface area contributed by atoms with Crippen molar-refractivity contribution in [1.29, 1.82) is 0 Å². The Hall–Kier alpha value is -7.88.